The number of nitrogens with zero attached hydrogens (tertiary/aromatic N) is 1. The number of aryl methyl sites for hydroxylation is 1. The van der Waals surface area contributed by atoms with E-state index in [0.29, 0.717) is 5.69 Å². The summed E-state index contributed by atoms with van der Waals surface area (Å²) in [5.41, 5.74) is 0.569. The Kier molecular flexibility index (Phi) is 3.54. The van der Waals surface area contributed by atoms with Crippen LogP contribution in [-0.2, 0) is 11.8 Å². The second-order valence-electron chi connectivity index (χ2n) is 3.60. The van der Waals surface area contributed by atoms with E-state index in [4.69, 9.17) is 14.8 Å². The molecule has 0 aliphatic rings. The molecule has 1 heterocycles. The van der Waals surface area contributed by atoms with E-state index in [9.17, 15) is 4.79 Å². The Morgan fingerprint density at radius 2 is 2.13 bits per heavy atom. The topological polar surface area (TPSA) is 71.7 Å². The van der Waals surface area contributed by atoms with Gasteiger partial charge in [0.25, 0.3) is 0 Å². The summed E-state index contributed by atoms with van der Waals surface area (Å²) in [5.74, 6) is -0.473. The van der Waals surface area contributed by atoms with Gasteiger partial charge in [-0.05, 0) is 19.9 Å². The number of carbonyl (C=O) groups excluding carboxylic acids is 1. The predicted molar refractivity (Wildman–Crippen MR) is 55.8 cm³/mol. The van der Waals surface area contributed by atoms with E-state index < -0.39 is 13.1 Å². The number of hydrogen-bond acceptors (Lipinski definition) is 4. The molecule has 0 aliphatic heterocycles. The molecule has 0 radical (unpaired) electrons. The summed E-state index contributed by atoms with van der Waals surface area (Å²) in [7, 11) is 0.0693. The van der Waals surface area contributed by atoms with E-state index in [1.54, 1.807) is 20.9 Å². The van der Waals surface area contributed by atoms with Crippen molar-refractivity contribution in [3.05, 3.63) is 18.0 Å². The summed E-state index contributed by atoms with van der Waals surface area (Å²) < 4.78 is 6.49. The zero-order chi connectivity index (χ0) is 11.6. The van der Waals surface area contributed by atoms with Gasteiger partial charge < -0.3 is 19.4 Å². The highest BCUT2D eigenvalue weighted by molar-refractivity contribution is 6.58. The molecule has 0 aromatic carbocycles. The van der Waals surface area contributed by atoms with Crippen molar-refractivity contribution in [2.75, 3.05) is 0 Å². The molecule has 1 aromatic heterocycles. The highest BCUT2D eigenvalue weighted by atomic mass is 16.5. The molecular formula is C9H14BNO4. The predicted octanol–water partition coefficient (Wildman–Crippen LogP) is -0.730. The molecule has 1 rings (SSSR count). The van der Waals surface area contributed by atoms with Gasteiger partial charge in [0.05, 0.1) is 6.10 Å². The van der Waals surface area contributed by atoms with Crippen LogP contribution in [0, 0.1) is 0 Å². The Morgan fingerprint density at radius 3 is 2.53 bits per heavy atom. The molecule has 0 amide bonds. The third kappa shape index (κ3) is 2.84. The van der Waals surface area contributed by atoms with E-state index in [-0.39, 0.29) is 11.6 Å². The van der Waals surface area contributed by atoms with Gasteiger partial charge in [-0.2, -0.15) is 0 Å². The smallest absolute Gasteiger partial charge is 0.458 e. The molecular weight excluding hydrogens is 197 g/mol. The van der Waals surface area contributed by atoms with Gasteiger partial charge in [-0.3, -0.25) is 0 Å². The van der Waals surface area contributed by atoms with Crippen molar-refractivity contribution in [3.63, 3.8) is 0 Å². The van der Waals surface area contributed by atoms with Gasteiger partial charge in [0.2, 0.25) is 0 Å². The van der Waals surface area contributed by atoms with E-state index in [1.165, 1.54) is 16.8 Å². The van der Waals surface area contributed by atoms with E-state index >= 15 is 0 Å². The fraction of sp³-hybridized carbons (Fsp3) is 0.444. The van der Waals surface area contributed by atoms with Gasteiger partial charge in [0, 0.05) is 18.7 Å². The molecule has 6 heteroatoms. The first kappa shape index (κ1) is 11.8. The molecule has 0 saturated carbocycles. The standard InChI is InChI=1S/C9H14BNO4/c1-6(2)15-9(12)8-4-7(10(13)14)5-11(8)3/h4-6,13-14H,1-3H3. The maximum Gasteiger partial charge on any atom is 0.490 e. The largest absolute Gasteiger partial charge is 0.490 e. The zero-order valence-electron chi connectivity index (χ0n) is 8.97. The lowest BCUT2D eigenvalue weighted by Gasteiger charge is -2.07. The fourth-order valence-corrected chi connectivity index (χ4v) is 1.21. The van der Waals surface area contributed by atoms with Crippen LogP contribution in [0.4, 0.5) is 0 Å². The van der Waals surface area contributed by atoms with Crippen molar-refractivity contribution in [1.29, 1.82) is 0 Å². The van der Waals surface area contributed by atoms with Crippen molar-refractivity contribution in [2.45, 2.75) is 20.0 Å². The lowest BCUT2D eigenvalue weighted by molar-refractivity contribution is 0.0366. The zero-order valence-corrected chi connectivity index (χ0v) is 8.97. The van der Waals surface area contributed by atoms with E-state index in [1.807, 2.05) is 0 Å². The molecule has 5 nitrogen and oxygen atoms in total. The van der Waals surface area contributed by atoms with Crippen LogP contribution in [0.5, 0.6) is 0 Å². The van der Waals surface area contributed by atoms with Crippen LogP contribution in [0.15, 0.2) is 12.3 Å². The van der Waals surface area contributed by atoms with Crippen molar-refractivity contribution in [1.82, 2.24) is 4.57 Å². The molecule has 0 atom stereocenters. The maximum absolute atomic E-state index is 11.5. The van der Waals surface area contributed by atoms with Gasteiger partial charge in [-0.1, -0.05) is 0 Å². The summed E-state index contributed by atoms with van der Waals surface area (Å²) in [6.07, 6.45) is 1.27. The number of rotatable bonds is 3. The number of esters is 1. The lowest BCUT2D eigenvalue weighted by Crippen LogP contribution is -2.28. The maximum atomic E-state index is 11.5. The van der Waals surface area contributed by atoms with Gasteiger partial charge in [0.1, 0.15) is 5.69 Å². The lowest BCUT2D eigenvalue weighted by atomic mass is 9.82. The van der Waals surface area contributed by atoms with Crippen molar-refractivity contribution < 1.29 is 19.6 Å². The first-order chi connectivity index (χ1) is 6.91. The molecule has 0 fully saturated rings. The summed E-state index contributed by atoms with van der Waals surface area (Å²) in [6, 6.07) is 1.40. The normalized spacial score (nSPS) is 10.5. The van der Waals surface area contributed by atoms with Crippen LogP contribution in [0.1, 0.15) is 24.3 Å². The van der Waals surface area contributed by atoms with Crippen LogP contribution in [0.25, 0.3) is 0 Å². The summed E-state index contributed by atoms with van der Waals surface area (Å²) in [4.78, 5) is 11.5. The van der Waals surface area contributed by atoms with Crippen LogP contribution in [-0.4, -0.2) is 33.8 Å². The van der Waals surface area contributed by atoms with Crippen LogP contribution in [0.3, 0.4) is 0 Å². The quantitative estimate of drug-likeness (QED) is 0.510. The minimum absolute atomic E-state index is 0.199. The van der Waals surface area contributed by atoms with Gasteiger partial charge in [0.15, 0.2) is 0 Å². The summed E-state index contributed by atoms with van der Waals surface area (Å²) in [6.45, 7) is 3.51. The molecule has 0 saturated heterocycles. The van der Waals surface area contributed by atoms with Crippen LogP contribution in [0.2, 0.25) is 0 Å². The Bertz CT molecular complexity index is 359. The second-order valence-corrected chi connectivity index (χ2v) is 3.60. The third-order valence-electron chi connectivity index (χ3n) is 1.88. The minimum Gasteiger partial charge on any atom is -0.458 e. The summed E-state index contributed by atoms with van der Waals surface area (Å²) in [5, 5.41) is 17.8. The average Bonchev–Trinajstić information content (AvgIpc) is 2.46. The second kappa shape index (κ2) is 4.50. The fourth-order valence-electron chi connectivity index (χ4n) is 1.21. The van der Waals surface area contributed by atoms with E-state index in [0.717, 1.165) is 0 Å². The SMILES string of the molecule is CC(C)OC(=O)c1cc(B(O)O)cn1C. The number of ether oxygens (including phenoxy) is 1. The Labute approximate surface area is 88.4 Å². The van der Waals surface area contributed by atoms with Gasteiger partial charge in [-0.15, -0.1) is 0 Å². The number of aromatic nitrogens is 1. The highest BCUT2D eigenvalue weighted by Gasteiger charge is 2.19. The monoisotopic (exact) mass is 211 g/mol. The molecule has 1 aromatic rings. The first-order valence-corrected chi connectivity index (χ1v) is 4.65. The molecule has 0 aliphatic carbocycles. The molecule has 15 heavy (non-hydrogen) atoms. The molecule has 0 spiro atoms. The molecule has 82 valence electrons. The molecule has 0 bridgehead atoms. The summed E-state index contributed by atoms with van der Waals surface area (Å²) >= 11 is 0. The van der Waals surface area contributed by atoms with Gasteiger partial charge >= 0.3 is 13.1 Å². The van der Waals surface area contributed by atoms with E-state index in [2.05, 4.69) is 0 Å². The minimum atomic E-state index is -1.57. The highest BCUT2D eigenvalue weighted by Crippen LogP contribution is 2.03. The molecule has 0 unspecified atom stereocenters. The van der Waals surface area contributed by atoms with Crippen LogP contribution < -0.4 is 5.46 Å². The van der Waals surface area contributed by atoms with Gasteiger partial charge in [-0.25, -0.2) is 4.79 Å². The number of carbonyl (C=O) groups is 1. The number of hydrogen-bond donors (Lipinski definition) is 2. The van der Waals surface area contributed by atoms with Crippen molar-refractivity contribution in [2.24, 2.45) is 7.05 Å². The third-order valence-corrected chi connectivity index (χ3v) is 1.88. The Hall–Kier alpha value is -1.27. The van der Waals surface area contributed by atoms with Crippen molar-refractivity contribution in [3.8, 4) is 0 Å². The van der Waals surface area contributed by atoms with Crippen LogP contribution >= 0.6 is 0 Å². The Morgan fingerprint density at radius 1 is 1.53 bits per heavy atom. The van der Waals surface area contributed by atoms with Crippen molar-refractivity contribution >= 4 is 18.6 Å². The molecule has 2 N–H and O–H groups in total. The Balaban J connectivity index is 2.89. The average molecular weight is 211 g/mol. The first-order valence-electron chi connectivity index (χ1n) is 4.65.